The highest BCUT2D eigenvalue weighted by molar-refractivity contribution is 5.93. The molecule has 1 aromatic rings. The number of hydrogen-bond acceptors (Lipinski definition) is 4. The Bertz CT molecular complexity index is 472. The SMILES string of the molecule is NC1CCC(OCCNC(=O)c2ccc(=O)[nH]c2)CC1. The number of amides is 1. The molecule has 1 aliphatic carbocycles. The Hall–Kier alpha value is -1.66. The van der Waals surface area contributed by atoms with Crippen molar-refractivity contribution in [2.75, 3.05) is 13.2 Å². The lowest BCUT2D eigenvalue weighted by Gasteiger charge is -2.26. The molecule has 0 atom stereocenters. The smallest absolute Gasteiger partial charge is 0.252 e. The Kier molecular flexibility index (Phi) is 5.31. The number of hydrogen-bond donors (Lipinski definition) is 3. The van der Waals surface area contributed by atoms with Gasteiger partial charge in [0.2, 0.25) is 5.56 Å². The van der Waals surface area contributed by atoms with E-state index in [1.54, 1.807) is 0 Å². The van der Waals surface area contributed by atoms with E-state index in [-0.39, 0.29) is 17.6 Å². The highest BCUT2D eigenvalue weighted by Crippen LogP contribution is 2.19. The number of carbonyl (C=O) groups is 1. The van der Waals surface area contributed by atoms with E-state index in [1.807, 2.05) is 0 Å². The average molecular weight is 279 g/mol. The van der Waals surface area contributed by atoms with E-state index in [9.17, 15) is 9.59 Å². The molecule has 6 nitrogen and oxygen atoms in total. The molecule has 0 aromatic carbocycles. The van der Waals surface area contributed by atoms with Gasteiger partial charge in [-0.1, -0.05) is 0 Å². The molecule has 2 rings (SSSR count). The van der Waals surface area contributed by atoms with Crippen LogP contribution in [0.5, 0.6) is 0 Å². The molecule has 0 radical (unpaired) electrons. The van der Waals surface area contributed by atoms with E-state index in [0.29, 0.717) is 24.8 Å². The standard InChI is InChI=1S/C14H21N3O3/c15-11-2-4-12(5-3-11)20-8-7-16-14(19)10-1-6-13(18)17-9-10/h1,6,9,11-12H,2-5,7-8,15H2,(H,16,19)(H,17,18). The van der Waals surface area contributed by atoms with Crippen LogP contribution in [0.25, 0.3) is 0 Å². The van der Waals surface area contributed by atoms with Gasteiger partial charge in [-0.25, -0.2) is 0 Å². The van der Waals surface area contributed by atoms with Crippen LogP contribution in [0.2, 0.25) is 0 Å². The molecule has 1 heterocycles. The Morgan fingerprint density at radius 2 is 2.10 bits per heavy atom. The van der Waals surface area contributed by atoms with Crippen molar-refractivity contribution in [3.8, 4) is 0 Å². The molecule has 1 aliphatic rings. The molecular formula is C14H21N3O3. The largest absolute Gasteiger partial charge is 0.376 e. The van der Waals surface area contributed by atoms with Gasteiger partial charge in [-0.15, -0.1) is 0 Å². The fourth-order valence-corrected chi connectivity index (χ4v) is 2.30. The van der Waals surface area contributed by atoms with E-state index in [4.69, 9.17) is 10.5 Å². The topological polar surface area (TPSA) is 97.2 Å². The summed E-state index contributed by atoms with van der Waals surface area (Å²) < 4.78 is 5.71. The van der Waals surface area contributed by atoms with Gasteiger partial charge in [-0.05, 0) is 31.7 Å². The molecular weight excluding hydrogens is 258 g/mol. The minimum atomic E-state index is -0.222. The highest BCUT2D eigenvalue weighted by Gasteiger charge is 2.18. The lowest BCUT2D eigenvalue weighted by atomic mass is 9.94. The normalized spacial score (nSPS) is 22.4. The molecule has 1 amide bonds. The van der Waals surface area contributed by atoms with Gasteiger partial charge in [0.25, 0.3) is 5.91 Å². The maximum Gasteiger partial charge on any atom is 0.252 e. The maximum atomic E-state index is 11.7. The molecule has 110 valence electrons. The van der Waals surface area contributed by atoms with Crippen molar-refractivity contribution in [3.63, 3.8) is 0 Å². The minimum absolute atomic E-state index is 0.212. The molecule has 0 aliphatic heterocycles. The van der Waals surface area contributed by atoms with Gasteiger partial charge < -0.3 is 20.8 Å². The number of nitrogens with two attached hydrogens (primary N) is 1. The number of rotatable bonds is 5. The zero-order chi connectivity index (χ0) is 14.4. The van der Waals surface area contributed by atoms with Gasteiger partial charge in [0.1, 0.15) is 0 Å². The summed E-state index contributed by atoms with van der Waals surface area (Å²) in [5.74, 6) is -0.212. The van der Waals surface area contributed by atoms with Gasteiger partial charge in [0, 0.05) is 24.8 Å². The second-order valence-corrected chi connectivity index (χ2v) is 5.11. The zero-order valence-corrected chi connectivity index (χ0v) is 11.4. The Morgan fingerprint density at radius 1 is 1.35 bits per heavy atom. The number of pyridine rings is 1. The van der Waals surface area contributed by atoms with Crippen molar-refractivity contribution in [1.82, 2.24) is 10.3 Å². The van der Waals surface area contributed by atoms with Crippen LogP contribution < -0.4 is 16.6 Å². The van der Waals surface area contributed by atoms with E-state index < -0.39 is 0 Å². The summed E-state index contributed by atoms with van der Waals surface area (Å²) in [5, 5.41) is 2.76. The molecule has 0 unspecified atom stereocenters. The van der Waals surface area contributed by atoms with Crippen molar-refractivity contribution < 1.29 is 9.53 Å². The van der Waals surface area contributed by atoms with Crippen molar-refractivity contribution in [3.05, 3.63) is 34.2 Å². The number of carbonyl (C=O) groups excluding carboxylic acids is 1. The third-order valence-corrected chi connectivity index (χ3v) is 3.51. The third kappa shape index (κ3) is 4.47. The summed E-state index contributed by atoms with van der Waals surface area (Å²) in [4.78, 5) is 25.1. The summed E-state index contributed by atoms with van der Waals surface area (Å²) in [7, 11) is 0. The Morgan fingerprint density at radius 3 is 2.75 bits per heavy atom. The van der Waals surface area contributed by atoms with Crippen LogP contribution in [-0.4, -0.2) is 36.2 Å². The molecule has 1 fully saturated rings. The fourth-order valence-electron chi connectivity index (χ4n) is 2.30. The summed E-state index contributed by atoms with van der Waals surface area (Å²) in [6, 6.07) is 3.14. The molecule has 0 saturated heterocycles. The molecule has 1 aromatic heterocycles. The summed E-state index contributed by atoms with van der Waals surface area (Å²) in [5.41, 5.74) is 6.05. The van der Waals surface area contributed by atoms with Gasteiger partial charge in [0.05, 0.1) is 18.3 Å². The van der Waals surface area contributed by atoms with Crippen molar-refractivity contribution >= 4 is 5.91 Å². The van der Waals surface area contributed by atoms with Crippen molar-refractivity contribution in [1.29, 1.82) is 0 Å². The Balaban J connectivity index is 1.64. The van der Waals surface area contributed by atoms with Crippen LogP contribution in [0.4, 0.5) is 0 Å². The third-order valence-electron chi connectivity index (χ3n) is 3.51. The van der Waals surface area contributed by atoms with E-state index in [0.717, 1.165) is 25.7 Å². The summed E-state index contributed by atoms with van der Waals surface area (Å²) in [6.07, 6.45) is 5.67. The number of aromatic nitrogens is 1. The first-order valence-corrected chi connectivity index (χ1v) is 6.99. The number of H-pyrrole nitrogens is 1. The lowest BCUT2D eigenvalue weighted by molar-refractivity contribution is 0.0267. The predicted molar refractivity (Wildman–Crippen MR) is 75.6 cm³/mol. The molecule has 6 heteroatoms. The number of ether oxygens (including phenoxy) is 1. The summed E-state index contributed by atoms with van der Waals surface area (Å²) in [6.45, 7) is 0.954. The lowest BCUT2D eigenvalue weighted by Crippen LogP contribution is -2.33. The Labute approximate surface area is 117 Å². The first-order chi connectivity index (χ1) is 9.65. The minimum Gasteiger partial charge on any atom is -0.376 e. The van der Waals surface area contributed by atoms with Crippen molar-refractivity contribution in [2.45, 2.75) is 37.8 Å². The van der Waals surface area contributed by atoms with Gasteiger partial charge in [0.15, 0.2) is 0 Å². The molecule has 20 heavy (non-hydrogen) atoms. The van der Waals surface area contributed by atoms with Gasteiger partial charge in [-0.3, -0.25) is 9.59 Å². The summed E-state index contributed by atoms with van der Waals surface area (Å²) >= 11 is 0. The number of nitrogens with one attached hydrogen (secondary N) is 2. The average Bonchev–Trinajstić information content (AvgIpc) is 2.46. The quantitative estimate of drug-likeness (QED) is 0.679. The van der Waals surface area contributed by atoms with E-state index >= 15 is 0 Å². The van der Waals surface area contributed by atoms with Crippen LogP contribution in [0.3, 0.4) is 0 Å². The van der Waals surface area contributed by atoms with Crippen LogP contribution >= 0.6 is 0 Å². The number of aromatic amines is 1. The predicted octanol–water partition coefficient (Wildman–Crippen LogP) is 0.391. The second kappa shape index (κ2) is 7.21. The zero-order valence-electron chi connectivity index (χ0n) is 11.4. The monoisotopic (exact) mass is 279 g/mol. The molecule has 4 N–H and O–H groups in total. The highest BCUT2D eigenvalue weighted by atomic mass is 16.5. The first kappa shape index (κ1) is 14.7. The van der Waals surface area contributed by atoms with Crippen LogP contribution in [-0.2, 0) is 4.74 Å². The maximum absolute atomic E-state index is 11.7. The van der Waals surface area contributed by atoms with Crippen LogP contribution in [0.1, 0.15) is 36.0 Å². The van der Waals surface area contributed by atoms with Crippen LogP contribution in [0.15, 0.2) is 23.1 Å². The van der Waals surface area contributed by atoms with E-state index in [1.165, 1.54) is 18.3 Å². The van der Waals surface area contributed by atoms with Gasteiger partial charge in [-0.2, -0.15) is 0 Å². The van der Waals surface area contributed by atoms with Gasteiger partial charge >= 0.3 is 0 Å². The fraction of sp³-hybridized carbons (Fsp3) is 0.571. The molecule has 1 saturated carbocycles. The second-order valence-electron chi connectivity index (χ2n) is 5.11. The van der Waals surface area contributed by atoms with Crippen molar-refractivity contribution in [2.24, 2.45) is 5.73 Å². The molecule has 0 spiro atoms. The van der Waals surface area contributed by atoms with E-state index in [2.05, 4.69) is 10.3 Å². The first-order valence-electron chi connectivity index (χ1n) is 6.99. The van der Waals surface area contributed by atoms with Crippen LogP contribution in [0, 0.1) is 0 Å². The molecule has 0 bridgehead atoms.